The summed E-state index contributed by atoms with van der Waals surface area (Å²) in [5.41, 5.74) is 2.51. The maximum absolute atomic E-state index is 3.12. The van der Waals surface area contributed by atoms with Crippen molar-refractivity contribution >= 4 is 6.08 Å². The minimum absolute atomic E-state index is 1.21. The van der Waals surface area contributed by atoms with Crippen molar-refractivity contribution in [3.05, 3.63) is 29.6 Å². The molecule has 0 aromatic carbocycles. The maximum atomic E-state index is 3.12. The zero-order valence-corrected chi connectivity index (χ0v) is 5.81. The zero-order chi connectivity index (χ0) is 6.69. The lowest BCUT2D eigenvalue weighted by Crippen LogP contribution is -1.71. The van der Waals surface area contributed by atoms with E-state index in [9.17, 15) is 0 Å². The molecule has 1 aromatic heterocycles. The number of H-pyrrole nitrogens is 1. The molecule has 1 rings (SSSR count). The second-order valence-electron chi connectivity index (χ2n) is 2.07. The van der Waals surface area contributed by atoms with E-state index in [1.54, 1.807) is 0 Å². The molecule has 0 bridgehead atoms. The quantitative estimate of drug-likeness (QED) is 0.587. The van der Waals surface area contributed by atoms with Gasteiger partial charge in [-0.1, -0.05) is 6.08 Å². The van der Waals surface area contributed by atoms with E-state index in [1.165, 1.54) is 11.3 Å². The van der Waals surface area contributed by atoms with Gasteiger partial charge in [0, 0.05) is 11.9 Å². The Hall–Kier alpha value is -0.980. The highest BCUT2D eigenvalue weighted by Gasteiger charge is 1.89. The van der Waals surface area contributed by atoms with E-state index in [1.807, 2.05) is 19.2 Å². The minimum atomic E-state index is 1.21. The number of hydrogen-bond acceptors (Lipinski definition) is 0. The Morgan fingerprint density at radius 1 is 1.56 bits per heavy atom. The van der Waals surface area contributed by atoms with Crippen molar-refractivity contribution < 1.29 is 0 Å². The molecule has 0 radical (unpaired) electrons. The maximum Gasteiger partial charge on any atom is 0.0406 e. The van der Waals surface area contributed by atoms with Crippen molar-refractivity contribution in [1.82, 2.24) is 4.98 Å². The molecule has 0 aliphatic heterocycles. The van der Waals surface area contributed by atoms with Crippen LogP contribution in [0.15, 0.2) is 18.3 Å². The van der Waals surface area contributed by atoms with Crippen molar-refractivity contribution in [2.45, 2.75) is 13.8 Å². The molecule has 0 saturated carbocycles. The van der Waals surface area contributed by atoms with E-state index in [0.717, 1.165) is 0 Å². The highest BCUT2D eigenvalue weighted by molar-refractivity contribution is 5.48. The summed E-state index contributed by atoms with van der Waals surface area (Å²) < 4.78 is 0. The van der Waals surface area contributed by atoms with Crippen LogP contribution in [0.5, 0.6) is 0 Å². The average Bonchev–Trinajstić information content (AvgIpc) is 2.18. The van der Waals surface area contributed by atoms with E-state index in [-0.39, 0.29) is 0 Å². The standard InChI is InChI=1S/C8H11N/c1-3-4-8-7(2)5-6-9-8/h3-6,9H,1-2H3. The molecule has 0 atom stereocenters. The molecular weight excluding hydrogens is 110 g/mol. The number of aromatic amines is 1. The lowest BCUT2D eigenvalue weighted by molar-refractivity contribution is 1.34. The number of aromatic nitrogens is 1. The van der Waals surface area contributed by atoms with E-state index < -0.39 is 0 Å². The van der Waals surface area contributed by atoms with Gasteiger partial charge in [-0.15, -0.1) is 0 Å². The normalized spacial score (nSPS) is 10.9. The number of hydrogen-bond donors (Lipinski definition) is 1. The lowest BCUT2D eigenvalue weighted by Gasteiger charge is -1.86. The first-order valence-electron chi connectivity index (χ1n) is 3.11. The fraction of sp³-hybridized carbons (Fsp3) is 0.250. The second-order valence-corrected chi connectivity index (χ2v) is 2.07. The summed E-state index contributed by atoms with van der Waals surface area (Å²) in [6.45, 7) is 4.10. The van der Waals surface area contributed by atoms with Crippen molar-refractivity contribution in [3.8, 4) is 0 Å². The van der Waals surface area contributed by atoms with Crippen LogP contribution in [0.4, 0.5) is 0 Å². The lowest BCUT2D eigenvalue weighted by atomic mass is 10.2. The largest absolute Gasteiger partial charge is 0.361 e. The number of allylic oxidation sites excluding steroid dienone is 1. The van der Waals surface area contributed by atoms with Crippen LogP contribution >= 0.6 is 0 Å². The predicted octanol–water partition coefficient (Wildman–Crippen LogP) is 2.36. The van der Waals surface area contributed by atoms with Gasteiger partial charge in [-0.2, -0.15) is 0 Å². The average molecular weight is 121 g/mol. The Labute approximate surface area is 55.4 Å². The number of nitrogens with one attached hydrogen (secondary N) is 1. The fourth-order valence-electron chi connectivity index (χ4n) is 0.806. The molecule has 0 saturated heterocycles. The highest BCUT2D eigenvalue weighted by atomic mass is 14.7. The second kappa shape index (κ2) is 2.53. The van der Waals surface area contributed by atoms with Gasteiger partial charge in [-0.25, -0.2) is 0 Å². The molecule has 1 N–H and O–H groups in total. The Morgan fingerprint density at radius 3 is 2.78 bits per heavy atom. The molecule has 9 heavy (non-hydrogen) atoms. The first-order valence-corrected chi connectivity index (χ1v) is 3.11. The molecular formula is C8H11N. The first-order chi connectivity index (χ1) is 4.34. The molecule has 1 nitrogen and oxygen atoms in total. The van der Waals surface area contributed by atoms with Crippen LogP contribution in [0, 0.1) is 6.92 Å². The van der Waals surface area contributed by atoms with Gasteiger partial charge < -0.3 is 4.98 Å². The summed E-state index contributed by atoms with van der Waals surface area (Å²) in [6, 6.07) is 2.06. The zero-order valence-electron chi connectivity index (χ0n) is 5.81. The molecule has 48 valence electrons. The van der Waals surface area contributed by atoms with Gasteiger partial charge in [0.2, 0.25) is 0 Å². The highest BCUT2D eigenvalue weighted by Crippen LogP contribution is 2.05. The molecule has 0 aliphatic rings. The van der Waals surface area contributed by atoms with Crippen LogP contribution in [0.3, 0.4) is 0 Å². The van der Waals surface area contributed by atoms with Gasteiger partial charge in [0.1, 0.15) is 0 Å². The summed E-state index contributed by atoms with van der Waals surface area (Å²) in [4.78, 5) is 3.12. The van der Waals surface area contributed by atoms with Crippen LogP contribution in [-0.4, -0.2) is 4.98 Å². The van der Waals surface area contributed by atoms with E-state index in [2.05, 4.69) is 24.1 Å². The molecule has 0 fully saturated rings. The molecule has 1 heterocycles. The number of rotatable bonds is 1. The van der Waals surface area contributed by atoms with Gasteiger partial charge in [-0.05, 0) is 31.6 Å². The van der Waals surface area contributed by atoms with Gasteiger partial charge in [0.15, 0.2) is 0 Å². The van der Waals surface area contributed by atoms with Gasteiger partial charge in [-0.3, -0.25) is 0 Å². The third kappa shape index (κ3) is 1.22. The molecule has 0 spiro atoms. The van der Waals surface area contributed by atoms with Gasteiger partial charge in [0.25, 0.3) is 0 Å². The SMILES string of the molecule is CC=Cc1[nH]ccc1C. The minimum Gasteiger partial charge on any atom is -0.361 e. The summed E-state index contributed by atoms with van der Waals surface area (Å²) in [5.74, 6) is 0. The van der Waals surface area contributed by atoms with Gasteiger partial charge >= 0.3 is 0 Å². The van der Waals surface area contributed by atoms with Crippen LogP contribution in [0.25, 0.3) is 6.08 Å². The Bertz CT molecular complexity index is 208. The number of aryl methyl sites for hydroxylation is 1. The Balaban J connectivity index is 2.94. The summed E-state index contributed by atoms with van der Waals surface area (Å²) in [6.07, 6.45) is 6.04. The van der Waals surface area contributed by atoms with Crippen molar-refractivity contribution in [2.75, 3.05) is 0 Å². The smallest absolute Gasteiger partial charge is 0.0406 e. The Kier molecular flexibility index (Phi) is 1.73. The molecule has 0 amide bonds. The molecule has 0 aliphatic carbocycles. The third-order valence-electron chi connectivity index (χ3n) is 1.33. The molecule has 1 aromatic rings. The predicted molar refractivity (Wildman–Crippen MR) is 40.2 cm³/mol. The first kappa shape index (κ1) is 6.14. The summed E-state index contributed by atoms with van der Waals surface area (Å²) in [5, 5.41) is 0. The van der Waals surface area contributed by atoms with Crippen LogP contribution in [-0.2, 0) is 0 Å². The van der Waals surface area contributed by atoms with E-state index in [0.29, 0.717) is 0 Å². The van der Waals surface area contributed by atoms with E-state index >= 15 is 0 Å². The Morgan fingerprint density at radius 2 is 2.33 bits per heavy atom. The van der Waals surface area contributed by atoms with Crippen molar-refractivity contribution in [1.29, 1.82) is 0 Å². The summed E-state index contributed by atoms with van der Waals surface area (Å²) in [7, 11) is 0. The topological polar surface area (TPSA) is 15.8 Å². The van der Waals surface area contributed by atoms with E-state index in [4.69, 9.17) is 0 Å². The van der Waals surface area contributed by atoms with Crippen LogP contribution < -0.4 is 0 Å². The molecule has 0 unspecified atom stereocenters. The third-order valence-corrected chi connectivity index (χ3v) is 1.33. The summed E-state index contributed by atoms with van der Waals surface area (Å²) >= 11 is 0. The van der Waals surface area contributed by atoms with Gasteiger partial charge in [0.05, 0.1) is 0 Å². The monoisotopic (exact) mass is 121 g/mol. The van der Waals surface area contributed by atoms with Crippen LogP contribution in [0.1, 0.15) is 18.2 Å². The van der Waals surface area contributed by atoms with Crippen molar-refractivity contribution in [3.63, 3.8) is 0 Å². The molecule has 1 heteroatoms. The van der Waals surface area contributed by atoms with Crippen molar-refractivity contribution in [2.24, 2.45) is 0 Å². The van der Waals surface area contributed by atoms with Crippen LogP contribution in [0.2, 0.25) is 0 Å². The fourth-order valence-corrected chi connectivity index (χ4v) is 0.806.